The van der Waals surface area contributed by atoms with Crippen LogP contribution < -0.4 is 15.8 Å². The van der Waals surface area contributed by atoms with Gasteiger partial charge < -0.3 is 20.9 Å². The minimum absolute atomic E-state index is 0.0852. The second-order valence-corrected chi connectivity index (χ2v) is 4.19. The zero-order chi connectivity index (χ0) is 13.7. The molecule has 2 rings (SSSR count). The average molecular weight is 258 g/mol. The Bertz CT molecular complexity index is 556. The Balaban J connectivity index is 2.43. The molecular weight excluding hydrogens is 240 g/mol. The van der Waals surface area contributed by atoms with Gasteiger partial charge in [0.05, 0.1) is 13.7 Å². The van der Waals surface area contributed by atoms with E-state index in [4.69, 9.17) is 15.6 Å². The van der Waals surface area contributed by atoms with Crippen LogP contribution in [0.25, 0.3) is 11.1 Å². The highest BCUT2D eigenvalue weighted by molar-refractivity contribution is 5.81. The van der Waals surface area contributed by atoms with Gasteiger partial charge in [-0.05, 0) is 35.9 Å². The van der Waals surface area contributed by atoms with Gasteiger partial charge in [-0.15, -0.1) is 0 Å². The minimum atomic E-state index is 0.0852. The van der Waals surface area contributed by atoms with E-state index in [0.717, 1.165) is 22.6 Å². The molecule has 0 bridgehead atoms. The number of nitrogens with two attached hydrogens (primary N) is 1. The van der Waals surface area contributed by atoms with E-state index in [1.54, 1.807) is 7.11 Å². The normalized spacial score (nSPS) is 10.2. The zero-order valence-corrected chi connectivity index (χ0v) is 10.9. The first-order valence-corrected chi connectivity index (χ1v) is 6.13. The van der Waals surface area contributed by atoms with Gasteiger partial charge >= 0.3 is 0 Å². The van der Waals surface area contributed by atoms with Crippen molar-refractivity contribution >= 4 is 11.4 Å². The Morgan fingerprint density at radius 1 is 1.21 bits per heavy atom. The van der Waals surface area contributed by atoms with Crippen LogP contribution >= 0.6 is 0 Å². The summed E-state index contributed by atoms with van der Waals surface area (Å²) in [6.45, 7) is 0.586. The van der Waals surface area contributed by atoms with Crippen molar-refractivity contribution in [2.45, 2.75) is 0 Å². The van der Waals surface area contributed by atoms with Crippen LogP contribution in [0.1, 0.15) is 0 Å². The van der Waals surface area contributed by atoms with Crippen molar-refractivity contribution in [1.82, 2.24) is 0 Å². The SMILES string of the molecule is COc1cccc(-c2cc(N)ccc2NCCO)c1. The third-order valence-corrected chi connectivity index (χ3v) is 2.85. The molecule has 0 aromatic heterocycles. The van der Waals surface area contributed by atoms with Crippen molar-refractivity contribution in [3.05, 3.63) is 42.5 Å². The third kappa shape index (κ3) is 3.17. The molecular formula is C15H18N2O2. The summed E-state index contributed by atoms with van der Waals surface area (Å²) in [6.07, 6.45) is 0. The Labute approximate surface area is 112 Å². The summed E-state index contributed by atoms with van der Waals surface area (Å²) in [4.78, 5) is 0. The number of methoxy groups -OCH3 is 1. The van der Waals surface area contributed by atoms with Crippen molar-refractivity contribution in [2.75, 3.05) is 31.3 Å². The molecule has 19 heavy (non-hydrogen) atoms. The monoisotopic (exact) mass is 258 g/mol. The number of anilines is 2. The zero-order valence-electron chi connectivity index (χ0n) is 10.9. The lowest BCUT2D eigenvalue weighted by Crippen LogP contribution is -2.06. The maximum Gasteiger partial charge on any atom is 0.119 e. The average Bonchev–Trinajstić information content (AvgIpc) is 2.46. The first kappa shape index (κ1) is 13.2. The smallest absolute Gasteiger partial charge is 0.119 e. The van der Waals surface area contributed by atoms with E-state index in [0.29, 0.717) is 12.2 Å². The summed E-state index contributed by atoms with van der Waals surface area (Å²) in [5, 5.41) is 12.1. The lowest BCUT2D eigenvalue weighted by Gasteiger charge is -2.13. The molecule has 0 aliphatic heterocycles. The highest BCUT2D eigenvalue weighted by atomic mass is 16.5. The van der Waals surface area contributed by atoms with Crippen LogP contribution in [-0.2, 0) is 0 Å². The Kier molecular flexibility index (Phi) is 4.26. The van der Waals surface area contributed by atoms with E-state index in [1.165, 1.54) is 0 Å². The number of hydrogen-bond donors (Lipinski definition) is 3. The fraction of sp³-hybridized carbons (Fsp3) is 0.200. The maximum atomic E-state index is 8.92. The van der Waals surface area contributed by atoms with Crippen molar-refractivity contribution < 1.29 is 9.84 Å². The molecule has 4 nitrogen and oxygen atoms in total. The summed E-state index contributed by atoms with van der Waals surface area (Å²) in [5.74, 6) is 0.799. The molecule has 0 unspecified atom stereocenters. The summed E-state index contributed by atoms with van der Waals surface area (Å²) < 4.78 is 5.24. The van der Waals surface area contributed by atoms with Crippen molar-refractivity contribution in [2.24, 2.45) is 0 Å². The molecule has 0 aliphatic carbocycles. The standard InChI is InChI=1S/C15H18N2O2/c1-19-13-4-2-3-11(9-13)14-10-12(16)5-6-15(14)17-7-8-18/h2-6,9-10,17-18H,7-8,16H2,1H3. The predicted molar refractivity (Wildman–Crippen MR) is 78.4 cm³/mol. The number of ether oxygens (including phenoxy) is 1. The molecule has 0 heterocycles. The highest BCUT2D eigenvalue weighted by Gasteiger charge is 2.06. The van der Waals surface area contributed by atoms with Crippen molar-refractivity contribution in [1.29, 1.82) is 0 Å². The predicted octanol–water partition coefficient (Wildman–Crippen LogP) is 2.35. The Morgan fingerprint density at radius 3 is 2.79 bits per heavy atom. The molecule has 0 fully saturated rings. The Hall–Kier alpha value is -2.20. The molecule has 0 saturated heterocycles. The van der Waals surface area contributed by atoms with Gasteiger partial charge in [0, 0.05) is 23.5 Å². The first-order valence-electron chi connectivity index (χ1n) is 6.13. The first-order chi connectivity index (χ1) is 9.24. The number of hydrogen-bond acceptors (Lipinski definition) is 4. The molecule has 2 aromatic carbocycles. The molecule has 0 saturated carbocycles. The topological polar surface area (TPSA) is 67.5 Å². The van der Waals surface area contributed by atoms with Crippen LogP contribution in [0.2, 0.25) is 0 Å². The second-order valence-electron chi connectivity index (χ2n) is 4.19. The van der Waals surface area contributed by atoms with Gasteiger partial charge in [0.1, 0.15) is 5.75 Å². The van der Waals surface area contributed by atoms with Crippen LogP contribution in [0, 0.1) is 0 Å². The molecule has 2 aromatic rings. The van der Waals surface area contributed by atoms with Gasteiger partial charge in [0.15, 0.2) is 0 Å². The van der Waals surface area contributed by atoms with Gasteiger partial charge in [0.2, 0.25) is 0 Å². The van der Waals surface area contributed by atoms with E-state index < -0.39 is 0 Å². The third-order valence-electron chi connectivity index (χ3n) is 2.85. The minimum Gasteiger partial charge on any atom is -0.497 e. The van der Waals surface area contributed by atoms with Crippen LogP contribution in [0.3, 0.4) is 0 Å². The lowest BCUT2D eigenvalue weighted by atomic mass is 10.0. The van der Waals surface area contributed by atoms with Crippen LogP contribution in [0.15, 0.2) is 42.5 Å². The quantitative estimate of drug-likeness (QED) is 0.720. The summed E-state index contributed by atoms with van der Waals surface area (Å²) in [7, 11) is 1.64. The van der Waals surface area contributed by atoms with Gasteiger partial charge in [-0.2, -0.15) is 0 Å². The van der Waals surface area contributed by atoms with E-state index >= 15 is 0 Å². The molecule has 0 amide bonds. The number of nitrogens with one attached hydrogen (secondary N) is 1. The molecule has 0 spiro atoms. The summed E-state index contributed by atoms with van der Waals surface area (Å²) >= 11 is 0. The number of benzene rings is 2. The molecule has 0 aliphatic rings. The van der Waals surface area contributed by atoms with E-state index in [9.17, 15) is 0 Å². The summed E-state index contributed by atoms with van der Waals surface area (Å²) in [5.41, 5.74) is 9.51. The van der Waals surface area contributed by atoms with E-state index in [1.807, 2.05) is 42.5 Å². The van der Waals surface area contributed by atoms with Crippen LogP contribution in [0.5, 0.6) is 5.75 Å². The second kappa shape index (κ2) is 6.11. The van der Waals surface area contributed by atoms with E-state index in [2.05, 4.69) is 5.32 Å². The number of aliphatic hydroxyl groups is 1. The van der Waals surface area contributed by atoms with Gasteiger partial charge in [-0.25, -0.2) is 0 Å². The Morgan fingerprint density at radius 2 is 2.05 bits per heavy atom. The fourth-order valence-electron chi connectivity index (χ4n) is 1.94. The van der Waals surface area contributed by atoms with Gasteiger partial charge in [0.25, 0.3) is 0 Å². The van der Waals surface area contributed by atoms with Gasteiger partial charge in [-0.1, -0.05) is 12.1 Å². The molecule has 0 radical (unpaired) electrons. The number of rotatable bonds is 5. The van der Waals surface area contributed by atoms with Crippen LogP contribution in [0.4, 0.5) is 11.4 Å². The summed E-state index contributed by atoms with van der Waals surface area (Å²) in [6, 6.07) is 13.5. The molecule has 0 atom stereocenters. The van der Waals surface area contributed by atoms with Gasteiger partial charge in [-0.3, -0.25) is 0 Å². The number of nitrogen functional groups attached to an aromatic ring is 1. The lowest BCUT2D eigenvalue weighted by molar-refractivity contribution is 0.311. The largest absolute Gasteiger partial charge is 0.497 e. The van der Waals surface area contributed by atoms with Crippen molar-refractivity contribution in [3.8, 4) is 16.9 Å². The van der Waals surface area contributed by atoms with Crippen molar-refractivity contribution in [3.63, 3.8) is 0 Å². The molecule has 4 heteroatoms. The molecule has 100 valence electrons. The fourth-order valence-corrected chi connectivity index (χ4v) is 1.94. The van der Waals surface area contributed by atoms with E-state index in [-0.39, 0.29) is 6.61 Å². The van der Waals surface area contributed by atoms with Crippen LogP contribution in [-0.4, -0.2) is 25.4 Å². The maximum absolute atomic E-state index is 8.92. The number of aliphatic hydroxyl groups excluding tert-OH is 1. The highest BCUT2D eigenvalue weighted by Crippen LogP contribution is 2.31. The molecule has 4 N–H and O–H groups in total.